The van der Waals surface area contributed by atoms with Crippen molar-refractivity contribution in [2.75, 3.05) is 42.7 Å². The average Bonchev–Trinajstić information content (AvgIpc) is 3.04. The molecular formula is C33H39N3O6. The molecule has 0 spiro atoms. The van der Waals surface area contributed by atoms with Crippen molar-refractivity contribution in [3.05, 3.63) is 71.3 Å². The zero-order valence-electron chi connectivity index (χ0n) is 25.1. The first-order valence-electron chi connectivity index (χ1n) is 13.8. The highest BCUT2D eigenvalue weighted by molar-refractivity contribution is 5.89. The molecule has 1 aliphatic rings. The number of nitrogens with zero attached hydrogens (tertiary/aromatic N) is 3. The molecule has 0 heterocycles. The Morgan fingerprint density at radius 3 is 0.833 bits per heavy atom. The van der Waals surface area contributed by atoms with Crippen molar-refractivity contribution in [3.63, 3.8) is 0 Å². The highest BCUT2D eigenvalue weighted by Crippen LogP contribution is 2.32. The number of rotatable bonds is 12. The van der Waals surface area contributed by atoms with E-state index in [1.165, 1.54) is 0 Å². The van der Waals surface area contributed by atoms with E-state index in [1.54, 1.807) is 42.7 Å². The van der Waals surface area contributed by atoms with Gasteiger partial charge in [0.2, 0.25) is 0 Å². The van der Waals surface area contributed by atoms with Gasteiger partial charge in [0.05, 0.1) is 77.5 Å². The third-order valence-corrected chi connectivity index (χ3v) is 7.27. The first-order chi connectivity index (χ1) is 20.5. The Hall–Kier alpha value is -4.53. The quantitative estimate of drug-likeness (QED) is 0.259. The molecule has 0 atom stereocenters. The van der Waals surface area contributed by atoms with Crippen LogP contribution in [0.2, 0.25) is 0 Å². The highest BCUT2D eigenvalue weighted by atomic mass is 16.5. The number of benzene rings is 3. The molecule has 4 rings (SSSR count). The fraction of sp³-hybridized carbons (Fsp3) is 0.364. The largest absolute Gasteiger partial charge is 0.496 e. The molecule has 1 fully saturated rings. The lowest BCUT2D eigenvalue weighted by molar-refractivity contribution is 0.357. The first-order valence-corrected chi connectivity index (χ1v) is 13.8. The summed E-state index contributed by atoms with van der Waals surface area (Å²) in [6.07, 6.45) is 7.77. The molecule has 0 aliphatic heterocycles. The molecule has 9 nitrogen and oxygen atoms in total. The van der Waals surface area contributed by atoms with Gasteiger partial charge in [-0.15, -0.1) is 0 Å². The second kappa shape index (κ2) is 14.9. The molecule has 222 valence electrons. The molecule has 0 radical (unpaired) electrons. The predicted octanol–water partition coefficient (Wildman–Crippen LogP) is 5.69. The van der Waals surface area contributed by atoms with Crippen molar-refractivity contribution in [1.82, 2.24) is 0 Å². The van der Waals surface area contributed by atoms with Crippen molar-refractivity contribution < 1.29 is 28.4 Å². The van der Waals surface area contributed by atoms with Gasteiger partial charge in [0.1, 0.15) is 34.5 Å². The molecule has 0 unspecified atom stereocenters. The number of hydrogen-bond acceptors (Lipinski definition) is 9. The van der Waals surface area contributed by atoms with Gasteiger partial charge in [0, 0.05) is 18.6 Å². The van der Waals surface area contributed by atoms with E-state index in [0.29, 0.717) is 34.5 Å². The van der Waals surface area contributed by atoms with Crippen LogP contribution in [0.1, 0.15) is 36.0 Å². The van der Waals surface area contributed by atoms with Crippen LogP contribution in [0.15, 0.2) is 69.6 Å². The molecule has 0 saturated heterocycles. The summed E-state index contributed by atoms with van der Waals surface area (Å²) in [5, 5.41) is 0. The minimum atomic E-state index is -0.0307. The van der Waals surface area contributed by atoms with Gasteiger partial charge in [0.25, 0.3) is 0 Å². The summed E-state index contributed by atoms with van der Waals surface area (Å²) in [5.74, 6) is 4.19. The van der Waals surface area contributed by atoms with Crippen LogP contribution in [0.5, 0.6) is 34.5 Å². The van der Waals surface area contributed by atoms with Crippen LogP contribution >= 0.6 is 0 Å². The second-order valence-electron chi connectivity index (χ2n) is 9.73. The van der Waals surface area contributed by atoms with Crippen LogP contribution in [0.4, 0.5) is 0 Å². The Kier molecular flexibility index (Phi) is 10.8. The molecule has 42 heavy (non-hydrogen) atoms. The van der Waals surface area contributed by atoms with Gasteiger partial charge in [-0.2, -0.15) is 0 Å². The maximum atomic E-state index is 5.57. The van der Waals surface area contributed by atoms with E-state index >= 15 is 0 Å². The van der Waals surface area contributed by atoms with Gasteiger partial charge in [0.15, 0.2) is 0 Å². The standard InChI is InChI=1S/C33H39N3O6/c1-37-28-10-7-11-29(38-2)25(28)19-34-22-16-23(35-20-26-30(39-3)12-8-13-31(26)40-4)18-24(17-22)36-21-27-32(41-5)14-9-15-33(27)42-6/h7-15,19-24H,16-18H2,1-6H3. The summed E-state index contributed by atoms with van der Waals surface area (Å²) >= 11 is 0. The molecular weight excluding hydrogens is 534 g/mol. The molecule has 3 aromatic carbocycles. The molecule has 0 aromatic heterocycles. The molecule has 0 N–H and O–H groups in total. The van der Waals surface area contributed by atoms with Crippen LogP contribution in [0, 0.1) is 0 Å². The molecule has 1 aliphatic carbocycles. The lowest BCUT2D eigenvalue weighted by atomic mass is 9.87. The Morgan fingerprint density at radius 2 is 0.643 bits per heavy atom. The van der Waals surface area contributed by atoms with Crippen LogP contribution in [-0.4, -0.2) is 79.4 Å². The van der Waals surface area contributed by atoms with Gasteiger partial charge in [-0.1, -0.05) is 18.2 Å². The molecule has 1 saturated carbocycles. The van der Waals surface area contributed by atoms with E-state index < -0.39 is 0 Å². The van der Waals surface area contributed by atoms with Crippen LogP contribution in [-0.2, 0) is 0 Å². The molecule has 0 amide bonds. The number of aliphatic imine (C=N–C) groups is 3. The predicted molar refractivity (Wildman–Crippen MR) is 167 cm³/mol. The minimum absolute atomic E-state index is 0.0307. The minimum Gasteiger partial charge on any atom is -0.496 e. The van der Waals surface area contributed by atoms with E-state index in [2.05, 4.69) is 0 Å². The zero-order chi connectivity index (χ0) is 29.9. The molecule has 3 aromatic rings. The Labute approximate surface area is 247 Å². The summed E-state index contributed by atoms with van der Waals surface area (Å²) in [7, 11) is 9.84. The number of ether oxygens (including phenoxy) is 6. The monoisotopic (exact) mass is 573 g/mol. The maximum absolute atomic E-state index is 5.57. The normalized spacial score (nSPS) is 18.9. The van der Waals surface area contributed by atoms with Crippen molar-refractivity contribution in [2.45, 2.75) is 37.4 Å². The van der Waals surface area contributed by atoms with Gasteiger partial charge in [-0.25, -0.2) is 0 Å². The topological polar surface area (TPSA) is 92.5 Å². The fourth-order valence-corrected chi connectivity index (χ4v) is 5.16. The van der Waals surface area contributed by atoms with Gasteiger partial charge < -0.3 is 28.4 Å². The lowest BCUT2D eigenvalue weighted by Gasteiger charge is -2.29. The number of methoxy groups -OCH3 is 6. The Balaban J connectivity index is 1.66. The van der Waals surface area contributed by atoms with E-state index in [0.717, 1.165) is 36.0 Å². The zero-order valence-corrected chi connectivity index (χ0v) is 25.1. The van der Waals surface area contributed by atoms with E-state index in [-0.39, 0.29) is 18.1 Å². The number of hydrogen-bond donors (Lipinski definition) is 0. The van der Waals surface area contributed by atoms with Crippen LogP contribution < -0.4 is 28.4 Å². The average molecular weight is 574 g/mol. The summed E-state index contributed by atoms with van der Waals surface area (Å²) < 4.78 is 33.4. The van der Waals surface area contributed by atoms with E-state index in [1.807, 2.05) is 73.2 Å². The first kappa shape index (κ1) is 30.4. The van der Waals surface area contributed by atoms with E-state index in [4.69, 9.17) is 43.4 Å². The van der Waals surface area contributed by atoms with Gasteiger partial charge in [-0.05, 0) is 55.7 Å². The van der Waals surface area contributed by atoms with Crippen molar-refractivity contribution >= 4 is 18.6 Å². The molecule has 0 bridgehead atoms. The second-order valence-corrected chi connectivity index (χ2v) is 9.73. The van der Waals surface area contributed by atoms with Crippen molar-refractivity contribution in [1.29, 1.82) is 0 Å². The lowest BCUT2D eigenvalue weighted by Crippen LogP contribution is -2.30. The Bertz CT molecular complexity index is 1180. The van der Waals surface area contributed by atoms with Crippen LogP contribution in [0.25, 0.3) is 0 Å². The van der Waals surface area contributed by atoms with Crippen molar-refractivity contribution in [3.8, 4) is 34.5 Å². The summed E-state index contributed by atoms with van der Waals surface area (Å²) in [5.41, 5.74) is 2.39. The smallest absolute Gasteiger partial charge is 0.131 e. The molecule has 9 heteroatoms. The van der Waals surface area contributed by atoms with Gasteiger partial charge >= 0.3 is 0 Å². The summed E-state index contributed by atoms with van der Waals surface area (Å²) in [6, 6.07) is 17.0. The van der Waals surface area contributed by atoms with E-state index in [9.17, 15) is 0 Å². The maximum Gasteiger partial charge on any atom is 0.131 e. The summed E-state index contributed by atoms with van der Waals surface area (Å²) in [4.78, 5) is 15.0. The third kappa shape index (κ3) is 7.21. The SMILES string of the molecule is COc1cccc(OC)c1C=NC1CC(N=Cc2c(OC)cccc2OC)CC(N=Cc2c(OC)cccc2OC)C1. The Morgan fingerprint density at radius 1 is 0.429 bits per heavy atom. The third-order valence-electron chi connectivity index (χ3n) is 7.27. The fourth-order valence-electron chi connectivity index (χ4n) is 5.16. The van der Waals surface area contributed by atoms with Gasteiger partial charge in [-0.3, -0.25) is 15.0 Å². The summed E-state index contributed by atoms with van der Waals surface area (Å²) in [6.45, 7) is 0. The highest BCUT2D eigenvalue weighted by Gasteiger charge is 2.28. The van der Waals surface area contributed by atoms with Crippen LogP contribution in [0.3, 0.4) is 0 Å². The van der Waals surface area contributed by atoms with Crippen molar-refractivity contribution in [2.24, 2.45) is 15.0 Å².